The van der Waals surface area contributed by atoms with Gasteiger partial charge in [-0.25, -0.2) is 0 Å². The van der Waals surface area contributed by atoms with Gasteiger partial charge in [-0.3, -0.25) is 14.4 Å². The molecule has 0 atom stereocenters. The number of carbonyl (C=O) groups is 3. The van der Waals surface area contributed by atoms with E-state index >= 15 is 0 Å². The quantitative estimate of drug-likeness (QED) is 0.905. The number of likely N-dealkylation sites (tertiary alicyclic amines) is 1. The van der Waals surface area contributed by atoms with Crippen LogP contribution in [0.1, 0.15) is 52.5 Å². The summed E-state index contributed by atoms with van der Waals surface area (Å²) in [5.74, 6) is 0.145. The maximum absolute atomic E-state index is 12.8. The molecule has 23 heavy (non-hydrogen) atoms. The molecule has 3 rings (SSSR count). The van der Waals surface area contributed by atoms with Crippen molar-refractivity contribution in [2.45, 2.75) is 32.6 Å². The summed E-state index contributed by atoms with van der Waals surface area (Å²) in [5.41, 5.74) is 1.84. The number of rotatable bonds is 2. The molecule has 1 heterocycles. The van der Waals surface area contributed by atoms with Crippen molar-refractivity contribution in [2.24, 2.45) is 5.41 Å². The monoisotopic (exact) mass is 314 g/mol. The molecule has 2 amide bonds. The molecule has 0 saturated carbocycles. The first-order valence-electron chi connectivity index (χ1n) is 8.13. The number of benzene rings is 1. The summed E-state index contributed by atoms with van der Waals surface area (Å²) in [7, 11) is 1.65. The van der Waals surface area contributed by atoms with Crippen molar-refractivity contribution < 1.29 is 14.4 Å². The molecule has 1 saturated heterocycles. The molecule has 5 heteroatoms. The first-order valence-corrected chi connectivity index (χ1v) is 8.13. The van der Waals surface area contributed by atoms with E-state index in [0.29, 0.717) is 49.9 Å². The third-order valence-corrected chi connectivity index (χ3v) is 5.24. The molecule has 122 valence electrons. The van der Waals surface area contributed by atoms with E-state index in [2.05, 4.69) is 5.32 Å². The van der Waals surface area contributed by atoms with Gasteiger partial charge in [0.05, 0.1) is 0 Å². The average Bonchev–Trinajstić information content (AvgIpc) is 2.95. The number of fused-ring (bicyclic) bond motifs is 1. The number of nitrogens with zero attached hydrogens (tertiary/aromatic N) is 1. The fourth-order valence-corrected chi connectivity index (χ4v) is 3.59. The predicted octanol–water partition coefficient (Wildman–Crippen LogP) is 1.80. The number of carbonyl (C=O) groups excluding carboxylic acids is 3. The van der Waals surface area contributed by atoms with Crippen LogP contribution < -0.4 is 5.32 Å². The van der Waals surface area contributed by atoms with E-state index in [1.54, 1.807) is 19.2 Å². The number of piperidine rings is 1. The van der Waals surface area contributed by atoms with Crippen LogP contribution in [0.3, 0.4) is 0 Å². The summed E-state index contributed by atoms with van der Waals surface area (Å²) in [5, 5.41) is 2.71. The van der Waals surface area contributed by atoms with Gasteiger partial charge in [-0.2, -0.15) is 0 Å². The smallest absolute Gasteiger partial charge is 0.254 e. The highest BCUT2D eigenvalue weighted by molar-refractivity contribution is 6.05. The minimum Gasteiger partial charge on any atom is -0.359 e. The van der Waals surface area contributed by atoms with Crippen molar-refractivity contribution in [2.75, 3.05) is 20.1 Å². The Balaban J connectivity index is 1.77. The van der Waals surface area contributed by atoms with Crippen molar-refractivity contribution in [3.05, 3.63) is 34.9 Å². The fourth-order valence-electron chi connectivity index (χ4n) is 3.59. The van der Waals surface area contributed by atoms with Gasteiger partial charge in [0, 0.05) is 43.1 Å². The number of Topliss-reactive ketones (excluding diaryl/α,β-unsaturated/α-hetero) is 1. The Bertz CT molecular complexity index is 673. The predicted molar refractivity (Wildman–Crippen MR) is 86.4 cm³/mol. The summed E-state index contributed by atoms with van der Waals surface area (Å²) >= 11 is 0. The van der Waals surface area contributed by atoms with Gasteiger partial charge < -0.3 is 10.2 Å². The Morgan fingerprint density at radius 2 is 1.87 bits per heavy atom. The molecule has 0 unspecified atom stereocenters. The maximum Gasteiger partial charge on any atom is 0.254 e. The highest BCUT2D eigenvalue weighted by Gasteiger charge is 2.38. The molecule has 1 aromatic carbocycles. The normalized spacial score (nSPS) is 19.4. The van der Waals surface area contributed by atoms with Gasteiger partial charge in [0.15, 0.2) is 5.78 Å². The topological polar surface area (TPSA) is 66.5 Å². The zero-order valence-corrected chi connectivity index (χ0v) is 13.6. The van der Waals surface area contributed by atoms with Crippen LogP contribution in [0.5, 0.6) is 0 Å². The van der Waals surface area contributed by atoms with Crippen LogP contribution in [0.25, 0.3) is 0 Å². The van der Waals surface area contributed by atoms with E-state index in [-0.39, 0.29) is 17.6 Å². The lowest BCUT2D eigenvalue weighted by molar-refractivity contribution is -0.131. The van der Waals surface area contributed by atoms with Crippen molar-refractivity contribution in [3.63, 3.8) is 0 Å². The molecule has 1 aliphatic carbocycles. The number of amides is 2. The molecule has 0 spiro atoms. The second kappa shape index (κ2) is 5.80. The van der Waals surface area contributed by atoms with E-state index in [9.17, 15) is 14.4 Å². The van der Waals surface area contributed by atoms with E-state index in [1.165, 1.54) is 0 Å². The minimum atomic E-state index is -0.403. The zero-order chi connectivity index (χ0) is 16.6. The second-order valence-corrected chi connectivity index (χ2v) is 6.69. The van der Waals surface area contributed by atoms with Gasteiger partial charge in [-0.15, -0.1) is 0 Å². The van der Waals surface area contributed by atoms with Gasteiger partial charge in [-0.1, -0.05) is 19.1 Å². The summed E-state index contributed by atoms with van der Waals surface area (Å²) in [6.07, 6.45) is 2.47. The van der Waals surface area contributed by atoms with Gasteiger partial charge in [0.1, 0.15) is 0 Å². The Morgan fingerprint density at radius 3 is 2.52 bits per heavy atom. The zero-order valence-electron chi connectivity index (χ0n) is 13.6. The highest BCUT2D eigenvalue weighted by Crippen LogP contribution is 2.33. The SMILES string of the molecule is CNC(=O)C1(C)CCN(C(=O)c2cccc3c2CCC3=O)CC1. The Morgan fingerprint density at radius 1 is 1.17 bits per heavy atom. The molecule has 5 nitrogen and oxygen atoms in total. The number of nitrogens with one attached hydrogen (secondary N) is 1. The molecule has 0 aromatic heterocycles. The van der Waals surface area contributed by atoms with Crippen molar-refractivity contribution >= 4 is 17.6 Å². The molecule has 1 aliphatic heterocycles. The second-order valence-electron chi connectivity index (χ2n) is 6.69. The van der Waals surface area contributed by atoms with Gasteiger partial charge in [0.25, 0.3) is 5.91 Å². The fraction of sp³-hybridized carbons (Fsp3) is 0.500. The van der Waals surface area contributed by atoms with Gasteiger partial charge >= 0.3 is 0 Å². The van der Waals surface area contributed by atoms with E-state index in [1.807, 2.05) is 17.9 Å². The van der Waals surface area contributed by atoms with Crippen molar-refractivity contribution in [1.82, 2.24) is 10.2 Å². The standard InChI is InChI=1S/C18H22N2O3/c1-18(17(23)19-2)8-10-20(11-9-18)16(22)14-5-3-4-13-12(14)6-7-15(13)21/h3-5H,6-11H2,1-2H3,(H,19,23). The minimum absolute atomic E-state index is 0.0180. The summed E-state index contributed by atoms with van der Waals surface area (Å²) in [4.78, 5) is 38.5. The van der Waals surface area contributed by atoms with Crippen molar-refractivity contribution in [1.29, 1.82) is 0 Å². The first kappa shape index (κ1) is 15.7. The van der Waals surface area contributed by atoms with Crippen molar-refractivity contribution in [3.8, 4) is 0 Å². The van der Waals surface area contributed by atoms with Crippen LogP contribution in [0, 0.1) is 5.41 Å². The average molecular weight is 314 g/mol. The van der Waals surface area contributed by atoms with E-state index in [0.717, 1.165) is 5.56 Å². The summed E-state index contributed by atoms with van der Waals surface area (Å²) in [6.45, 7) is 3.09. The van der Waals surface area contributed by atoms with Crippen LogP contribution in [0.2, 0.25) is 0 Å². The van der Waals surface area contributed by atoms with Crippen LogP contribution in [0.4, 0.5) is 0 Å². The van der Waals surface area contributed by atoms with Crippen LogP contribution >= 0.6 is 0 Å². The third-order valence-electron chi connectivity index (χ3n) is 5.24. The van der Waals surface area contributed by atoms with Gasteiger partial charge in [0.2, 0.25) is 5.91 Å². The molecule has 0 radical (unpaired) electrons. The lowest BCUT2D eigenvalue weighted by Crippen LogP contribution is -2.48. The number of hydrogen-bond donors (Lipinski definition) is 1. The summed E-state index contributed by atoms with van der Waals surface area (Å²) < 4.78 is 0. The molecule has 1 N–H and O–H groups in total. The van der Waals surface area contributed by atoms with Crippen LogP contribution in [-0.4, -0.2) is 42.6 Å². The van der Waals surface area contributed by atoms with E-state index in [4.69, 9.17) is 0 Å². The number of ketones is 1. The maximum atomic E-state index is 12.8. The lowest BCUT2D eigenvalue weighted by Gasteiger charge is -2.38. The third kappa shape index (κ3) is 2.64. The van der Waals surface area contributed by atoms with Crippen LogP contribution in [0.15, 0.2) is 18.2 Å². The molecule has 2 aliphatic rings. The Labute approximate surface area is 136 Å². The first-order chi connectivity index (χ1) is 11.0. The summed E-state index contributed by atoms with van der Waals surface area (Å²) in [6, 6.07) is 5.40. The molecular weight excluding hydrogens is 292 g/mol. The molecule has 1 aromatic rings. The highest BCUT2D eigenvalue weighted by atomic mass is 16.2. The lowest BCUT2D eigenvalue weighted by atomic mass is 9.79. The Hall–Kier alpha value is -2.17. The molecular formula is C18H22N2O3. The number of hydrogen-bond acceptors (Lipinski definition) is 3. The largest absolute Gasteiger partial charge is 0.359 e. The van der Waals surface area contributed by atoms with Crippen LogP contribution in [-0.2, 0) is 11.2 Å². The molecule has 1 fully saturated rings. The van der Waals surface area contributed by atoms with Gasteiger partial charge in [-0.05, 0) is 30.9 Å². The Kier molecular flexibility index (Phi) is 3.96. The molecule has 0 bridgehead atoms. The van der Waals surface area contributed by atoms with E-state index < -0.39 is 5.41 Å².